The summed E-state index contributed by atoms with van der Waals surface area (Å²) >= 11 is 6.48. The third-order valence-electron chi connectivity index (χ3n) is 8.74. The number of nitrogens with zero attached hydrogens (tertiary/aromatic N) is 1. The van der Waals surface area contributed by atoms with Crippen molar-refractivity contribution in [2.24, 2.45) is 11.8 Å². The molecular weight excluding hydrogens is 556 g/mol. The molecule has 3 amide bonds. The van der Waals surface area contributed by atoms with Gasteiger partial charge in [0, 0.05) is 39.4 Å². The van der Waals surface area contributed by atoms with E-state index < -0.39 is 41.2 Å². The number of hydrogen-bond acceptors (Lipinski definition) is 6. The molecule has 4 aromatic rings. The van der Waals surface area contributed by atoms with Crippen molar-refractivity contribution in [2.45, 2.75) is 31.8 Å². The topological polar surface area (TPSA) is 121 Å². The molecule has 42 heavy (non-hydrogen) atoms. The number of aromatic amines is 1. The van der Waals surface area contributed by atoms with Gasteiger partial charge in [0.2, 0.25) is 17.7 Å². The number of para-hydroxylation sites is 1. The number of H-pyrrole nitrogens is 1. The van der Waals surface area contributed by atoms with Gasteiger partial charge in [-0.2, -0.15) is 0 Å². The molecule has 2 saturated heterocycles. The third kappa shape index (κ3) is 3.66. The number of benzene rings is 3. The van der Waals surface area contributed by atoms with Crippen molar-refractivity contribution in [3.63, 3.8) is 0 Å². The van der Waals surface area contributed by atoms with Gasteiger partial charge in [-0.15, -0.1) is 0 Å². The second kappa shape index (κ2) is 9.54. The lowest BCUT2D eigenvalue weighted by atomic mass is 9.76. The third-order valence-corrected chi connectivity index (χ3v) is 8.96. The quantitative estimate of drug-likeness (QED) is 0.236. The molecule has 1 aromatic heterocycles. The highest BCUT2D eigenvalue weighted by Gasteiger charge is 2.70. The summed E-state index contributed by atoms with van der Waals surface area (Å²) in [5.74, 6) is -3.60. The van der Waals surface area contributed by atoms with Gasteiger partial charge in [0.15, 0.2) is 0 Å². The van der Waals surface area contributed by atoms with E-state index in [0.717, 1.165) is 26.9 Å². The van der Waals surface area contributed by atoms with Crippen LogP contribution in [0.1, 0.15) is 34.0 Å². The molecule has 3 aliphatic heterocycles. The van der Waals surface area contributed by atoms with E-state index in [0.29, 0.717) is 33.9 Å². The van der Waals surface area contributed by atoms with Gasteiger partial charge in [0.05, 0.1) is 29.7 Å². The molecule has 0 aliphatic carbocycles. The summed E-state index contributed by atoms with van der Waals surface area (Å²) in [6.45, 7) is 3.79. The van der Waals surface area contributed by atoms with Crippen molar-refractivity contribution in [3.05, 3.63) is 94.1 Å². The highest BCUT2D eigenvalue weighted by atomic mass is 35.5. The van der Waals surface area contributed by atoms with Crippen LogP contribution in [0.5, 0.6) is 0 Å². The largest absolute Gasteiger partial charge is 0.462 e. The average Bonchev–Trinajstić information content (AvgIpc) is 3.68. The summed E-state index contributed by atoms with van der Waals surface area (Å²) in [5.41, 5.74) is 3.01. The number of carbonyl (C=O) groups excluding carboxylic acids is 4. The molecule has 3 N–H and O–H groups in total. The number of aryl methyl sites for hydroxylation is 1. The van der Waals surface area contributed by atoms with Crippen LogP contribution in [-0.2, 0) is 31.1 Å². The molecule has 3 aromatic carbocycles. The fraction of sp³-hybridized carbons (Fsp3) is 0.250. The summed E-state index contributed by atoms with van der Waals surface area (Å²) in [6.07, 6.45) is 2.31. The maximum absolute atomic E-state index is 14.3. The number of rotatable bonds is 5. The molecule has 0 radical (unpaired) electrons. The molecule has 4 heterocycles. The van der Waals surface area contributed by atoms with Crippen LogP contribution in [-0.4, -0.2) is 41.3 Å². The first-order chi connectivity index (χ1) is 20.2. The summed E-state index contributed by atoms with van der Waals surface area (Å²) in [6, 6.07) is 17.0. The number of carbonyl (C=O) groups is 4. The molecule has 2 fully saturated rings. The minimum absolute atomic E-state index is 0.229. The monoisotopic (exact) mass is 582 g/mol. The smallest absolute Gasteiger partial charge is 0.338 e. The van der Waals surface area contributed by atoms with Crippen LogP contribution in [0.4, 0.5) is 11.4 Å². The Kier molecular flexibility index (Phi) is 6.00. The zero-order valence-corrected chi connectivity index (χ0v) is 23.6. The Bertz CT molecular complexity index is 1820. The van der Waals surface area contributed by atoms with Gasteiger partial charge < -0.3 is 15.0 Å². The lowest BCUT2D eigenvalue weighted by Gasteiger charge is -2.29. The molecule has 0 bridgehead atoms. The van der Waals surface area contributed by atoms with Gasteiger partial charge in [-0.25, -0.2) is 9.69 Å². The van der Waals surface area contributed by atoms with Crippen LogP contribution in [0.15, 0.2) is 66.9 Å². The van der Waals surface area contributed by atoms with Crippen LogP contribution in [0.3, 0.4) is 0 Å². The number of aromatic nitrogens is 1. The number of hydrogen-bond donors (Lipinski definition) is 3. The Morgan fingerprint density at radius 1 is 1.05 bits per heavy atom. The highest BCUT2D eigenvalue weighted by molar-refractivity contribution is 6.31. The van der Waals surface area contributed by atoms with E-state index in [1.54, 1.807) is 31.2 Å². The Morgan fingerprint density at radius 3 is 2.57 bits per heavy atom. The summed E-state index contributed by atoms with van der Waals surface area (Å²) in [4.78, 5) is 59.1. The standard InChI is InChI=1S/C32H27ClN4O5/c1-3-42-30(40)17-8-10-20(11-9-17)37-28(38)25-24(13-18-15-34-23-7-5-4-6-21(18)23)36-32(26(25)29(37)39)22-14-19(33)12-16(2)27(22)35-31(32)41/h4-12,14-15,24-26,34,36H,3,13H2,1-2H3,(H,35,41)/t24?,25-,26+,32?/m1/s1. The Balaban J connectivity index is 1.34. The zero-order valence-electron chi connectivity index (χ0n) is 22.9. The molecule has 0 saturated carbocycles. The average molecular weight is 583 g/mol. The van der Waals surface area contributed by atoms with Crippen LogP contribution in [0.25, 0.3) is 10.9 Å². The number of fused-ring (bicyclic) bond motifs is 5. The lowest BCUT2D eigenvalue weighted by molar-refractivity contribution is -0.130. The van der Waals surface area contributed by atoms with E-state index in [1.807, 2.05) is 37.4 Å². The first-order valence-corrected chi connectivity index (χ1v) is 14.2. The van der Waals surface area contributed by atoms with Gasteiger partial charge in [-0.1, -0.05) is 29.8 Å². The molecule has 10 heteroatoms. The van der Waals surface area contributed by atoms with E-state index >= 15 is 0 Å². The molecule has 3 aliphatic rings. The van der Waals surface area contributed by atoms with Crippen LogP contribution < -0.4 is 15.5 Å². The van der Waals surface area contributed by atoms with E-state index in [1.165, 1.54) is 12.1 Å². The van der Waals surface area contributed by atoms with E-state index in [4.69, 9.17) is 16.3 Å². The van der Waals surface area contributed by atoms with Crippen molar-refractivity contribution in [3.8, 4) is 0 Å². The maximum Gasteiger partial charge on any atom is 0.338 e. The zero-order chi connectivity index (χ0) is 29.3. The van der Waals surface area contributed by atoms with Gasteiger partial charge in [0.25, 0.3) is 0 Å². The molecule has 9 nitrogen and oxygen atoms in total. The van der Waals surface area contributed by atoms with E-state index in [9.17, 15) is 19.2 Å². The molecule has 2 unspecified atom stereocenters. The molecule has 212 valence electrons. The molecular formula is C32H27ClN4O5. The predicted molar refractivity (Wildman–Crippen MR) is 157 cm³/mol. The Morgan fingerprint density at radius 2 is 1.81 bits per heavy atom. The van der Waals surface area contributed by atoms with E-state index in [-0.39, 0.29) is 12.5 Å². The summed E-state index contributed by atoms with van der Waals surface area (Å²) in [7, 11) is 0. The number of nitrogens with one attached hydrogen (secondary N) is 3. The van der Waals surface area contributed by atoms with Crippen molar-refractivity contribution < 1.29 is 23.9 Å². The van der Waals surface area contributed by atoms with Crippen LogP contribution >= 0.6 is 11.6 Å². The molecule has 7 rings (SSSR count). The highest BCUT2D eigenvalue weighted by Crippen LogP contribution is 2.55. The molecule has 1 spiro atoms. The van der Waals surface area contributed by atoms with Gasteiger partial charge in [0.1, 0.15) is 5.54 Å². The SMILES string of the molecule is CCOC(=O)c1ccc(N2C(=O)[C@@H]3C(Cc4c[nH]c5ccccc45)NC4(C(=O)Nc5c(C)cc(Cl)cc54)[C@@H]3C2=O)cc1. The summed E-state index contributed by atoms with van der Waals surface area (Å²) < 4.78 is 5.07. The minimum Gasteiger partial charge on any atom is -0.462 e. The van der Waals surface area contributed by atoms with Crippen molar-refractivity contribution in [2.75, 3.05) is 16.8 Å². The number of esters is 1. The van der Waals surface area contributed by atoms with Crippen molar-refractivity contribution in [1.82, 2.24) is 10.3 Å². The van der Waals surface area contributed by atoms with Gasteiger partial charge >= 0.3 is 5.97 Å². The number of anilines is 2. The van der Waals surface area contributed by atoms with Gasteiger partial charge in [-0.3, -0.25) is 19.7 Å². The second-order valence-electron chi connectivity index (χ2n) is 11.0. The Labute approximate surface area is 246 Å². The van der Waals surface area contributed by atoms with Crippen molar-refractivity contribution in [1.29, 1.82) is 0 Å². The predicted octanol–water partition coefficient (Wildman–Crippen LogP) is 4.47. The maximum atomic E-state index is 14.3. The van der Waals surface area contributed by atoms with Crippen LogP contribution in [0, 0.1) is 18.8 Å². The first kappa shape index (κ1) is 26.4. The number of imide groups is 1. The number of amides is 3. The van der Waals surface area contributed by atoms with E-state index in [2.05, 4.69) is 15.6 Å². The van der Waals surface area contributed by atoms with Crippen molar-refractivity contribution >= 4 is 57.6 Å². The fourth-order valence-electron chi connectivity index (χ4n) is 6.96. The normalized spacial score (nSPS) is 24.4. The fourth-order valence-corrected chi connectivity index (χ4v) is 7.23. The molecule has 4 atom stereocenters. The van der Waals surface area contributed by atoms with Crippen LogP contribution in [0.2, 0.25) is 5.02 Å². The van der Waals surface area contributed by atoms with Gasteiger partial charge in [-0.05, 0) is 73.9 Å². The first-order valence-electron chi connectivity index (χ1n) is 13.8. The number of halogens is 1. The summed E-state index contributed by atoms with van der Waals surface area (Å²) in [5, 5.41) is 7.90. The lowest BCUT2D eigenvalue weighted by Crippen LogP contribution is -2.53. The Hall–Kier alpha value is -4.47. The number of ether oxygens (including phenoxy) is 1. The second-order valence-corrected chi connectivity index (χ2v) is 11.4. The minimum atomic E-state index is -1.49.